The summed E-state index contributed by atoms with van der Waals surface area (Å²) in [7, 11) is 0. The van der Waals surface area contributed by atoms with Crippen molar-refractivity contribution in [1.82, 2.24) is 10.2 Å². The van der Waals surface area contributed by atoms with Crippen molar-refractivity contribution in [3.63, 3.8) is 0 Å². The van der Waals surface area contributed by atoms with Gasteiger partial charge in [-0.2, -0.15) is 13.2 Å². The summed E-state index contributed by atoms with van der Waals surface area (Å²) in [6, 6.07) is 0. The topological polar surface area (TPSA) is 32.3 Å². The zero-order chi connectivity index (χ0) is 12.9. The molecule has 0 bridgehead atoms. The first kappa shape index (κ1) is 14.0. The first-order chi connectivity index (χ1) is 7.90. The fourth-order valence-corrected chi connectivity index (χ4v) is 1.93. The van der Waals surface area contributed by atoms with Crippen LogP contribution in [0.25, 0.3) is 0 Å². The summed E-state index contributed by atoms with van der Waals surface area (Å²) in [4.78, 5) is 12.5. The van der Waals surface area contributed by atoms with Crippen LogP contribution in [0.1, 0.15) is 13.3 Å². The Labute approximate surface area is 98.7 Å². The number of rotatable bonds is 4. The van der Waals surface area contributed by atoms with Gasteiger partial charge in [0.15, 0.2) is 0 Å². The van der Waals surface area contributed by atoms with E-state index in [1.54, 1.807) is 13.0 Å². The van der Waals surface area contributed by atoms with Crippen LogP contribution in [0.2, 0.25) is 0 Å². The van der Waals surface area contributed by atoms with Gasteiger partial charge in [0.2, 0.25) is 5.91 Å². The predicted octanol–water partition coefficient (Wildman–Crippen LogP) is 1.56. The van der Waals surface area contributed by atoms with Crippen molar-refractivity contribution < 1.29 is 18.0 Å². The summed E-state index contributed by atoms with van der Waals surface area (Å²) < 4.78 is 36.4. The lowest BCUT2D eigenvalue weighted by atomic mass is 10.1. The van der Waals surface area contributed by atoms with Crippen LogP contribution in [0, 0.1) is 5.92 Å². The summed E-state index contributed by atoms with van der Waals surface area (Å²) in [6.07, 6.45) is -0.405. The van der Waals surface area contributed by atoms with Crippen LogP contribution in [0.15, 0.2) is 12.2 Å². The van der Waals surface area contributed by atoms with Crippen LogP contribution in [0.3, 0.4) is 0 Å². The molecular formula is C11H17F3N2O. The Balaban J connectivity index is 2.24. The number of amides is 1. The number of hydrogen-bond donors (Lipinski definition) is 1. The monoisotopic (exact) mass is 250 g/mol. The molecule has 6 heteroatoms. The second-order valence-corrected chi connectivity index (χ2v) is 4.25. The normalized spacial score (nSPS) is 22.2. The molecule has 0 aromatic carbocycles. The Morgan fingerprint density at radius 2 is 2.24 bits per heavy atom. The SMILES string of the molecule is CC=CC(=O)NCC1CCN(CC(F)(F)F)C1. The molecular weight excluding hydrogens is 233 g/mol. The lowest BCUT2D eigenvalue weighted by molar-refractivity contribution is -0.143. The van der Waals surface area contributed by atoms with E-state index in [1.165, 1.54) is 11.0 Å². The molecule has 17 heavy (non-hydrogen) atoms. The van der Waals surface area contributed by atoms with Gasteiger partial charge in [-0.25, -0.2) is 0 Å². The smallest absolute Gasteiger partial charge is 0.352 e. The molecule has 0 aromatic rings. The van der Waals surface area contributed by atoms with Crippen molar-refractivity contribution in [3.05, 3.63) is 12.2 Å². The van der Waals surface area contributed by atoms with Gasteiger partial charge in [-0.1, -0.05) is 6.08 Å². The molecule has 1 fully saturated rings. The van der Waals surface area contributed by atoms with Gasteiger partial charge in [0.05, 0.1) is 6.54 Å². The number of likely N-dealkylation sites (tertiary alicyclic amines) is 1. The predicted molar refractivity (Wildman–Crippen MR) is 58.4 cm³/mol. The second kappa shape index (κ2) is 6.05. The fraction of sp³-hybridized carbons (Fsp3) is 0.727. The molecule has 1 rings (SSSR count). The molecule has 1 heterocycles. The zero-order valence-electron chi connectivity index (χ0n) is 9.76. The molecule has 0 radical (unpaired) electrons. The molecule has 0 aliphatic carbocycles. The Hall–Kier alpha value is -1.04. The highest BCUT2D eigenvalue weighted by molar-refractivity contribution is 5.87. The van der Waals surface area contributed by atoms with Crippen molar-refractivity contribution in [1.29, 1.82) is 0 Å². The number of alkyl halides is 3. The van der Waals surface area contributed by atoms with Crippen molar-refractivity contribution in [2.45, 2.75) is 19.5 Å². The number of nitrogens with one attached hydrogen (secondary N) is 1. The molecule has 0 saturated carbocycles. The largest absolute Gasteiger partial charge is 0.401 e. The minimum atomic E-state index is -4.14. The van der Waals surface area contributed by atoms with Crippen LogP contribution in [0.5, 0.6) is 0 Å². The fourth-order valence-electron chi connectivity index (χ4n) is 1.93. The summed E-state index contributed by atoms with van der Waals surface area (Å²) in [5.41, 5.74) is 0. The summed E-state index contributed by atoms with van der Waals surface area (Å²) in [5.74, 6) is -0.0756. The Bertz CT molecular complexity index is 289. The highest BCUT2D eigenvalue weighted by Gasteiger charge is 2.34. The van der Waals surface area contributed by atoms with Crippen molar-refractivity contribution in [3.8, 4) is 0 Å². The Morgan fingerprint density at radius 3 is 2.82 bits per heavy atom. The molecule has 1 saturated heterocycles. The minimum Gasteiger partial charge on any atom is -0.352 e. The molecule has 0 spiro atoms. The lowest BCUT2D eigenvalue weighted by Gasteiger charge is -2.17. The van der Waals surface area contributed by atoms with E-state index in [2.05, 4.69) is 5.32 Å². The molecule has 1 amide bonds. The van der Waals surface area contributed by atoms with Gasteiger partial charge in [0.1, 0.15) is 0 Å². The third-order valence-electron chi connectivity index (χ3n) is 2.66. The molecule has 1 atom stereocenters. The molecule has 1 unspecified atom stereocenters. The zero-order valence-corrected chi connectivity index (χ0v) is 9.76. The van der Waals surface area contributed by atoms with Gasteiger partial charge < -0.3 is 5.32 Å². The number of nitrogens with zero attached hydrogens (tertiary/aromatic N) is 1. The van der Waals surface area contributed by atoms with Crippen LogP contribution in [-0.4, -0.2) is 43.2 Å². The van der Waals surface area contributed by atoms with Crippen LogP contribution in [-0.2, 0) is 4.79 Å². The van der Waals surface area contributed by atoms with Gasteiger partial charge in [-0.3, -0.25) is 9.69 Å². The van der Waals surface area contributed by atoms with E-state index >= 15 is 0 Å². The molecule has 1 N–H and O–H groups in total. The van der Waals surface area contributed by atoms with Gasteiger partial charge >= 0.3 is 6.18 Å². The standard InChI is InChI=1S/C11H17F3N2O/c1-2-3-10(17)15-6-9-4-5-16(7-9)8-11(12,13)14/h2-3,9H,4-8H2,1H3,(H,15,17). The first-order valence-electron chi connectivity index (χ1n) is 5.60. The van der Waals surface area contributed by atoms with E-state index in [4.69, 9.17) is 0 Å². The second-order valence-electron chi connectivity index (χ2n) is 4.25. The number of hydrogen-bond acceptors (Lipinski definition) is 2. The van der Waals surface area contributed by atoms with E-state index in [0.717, 1.165) is 0 Å². The Morgan fingerprint density at radius 1 is 1.53 bits per heavy atom. The number of carbonyl (C=O) groups excluding carboxylic acids is 1. The first-order valence-corrected chi connectivity index (χ1v) is 5.60. The maximum Gasteiger partial charge on any atom is 0.401 e. The molecule has 3 nitrogen and oxygen atoms in total. The van der Waals surface area contributed by atoms with Crippen molar-refractivity contribution in [2.24, 2.45) is 5.92 Å². The van der Waals surface area contributed by atoms with Gasteiger partial charge in [0, 0.05) is 13.1 Å². The van der Waals surface area contributed by atoms with E-state index < -0.39 is 12.7 Å². The van der Waals surface area contributed by atoms with Gasteiger partial charge in [-0.05, 0) is 31.9 Å². The van der Waals surface area contributed by atoms with E-state index in [0.29, 0.717) is 26.1 Å². The average molecular weight is 250 g/mol. The minimum absolute atomic E-state index is 0.117. The maximum absolute atomic E-state index is 12.1. The molecule has 1 aliphatic heterocycles. The quantitative estimate of drug-likeness (QED) is 0.768. The van der Waals surface area contributed by atoms with Crippen molar-refractivity contribution in [2.75, 3.05) is 26.2 Å². The van der Waals surface area contributed by atoms with Crippen molar-refractivity contribution >= 4 is 5.91 Å². The number of allylic oxidation sites excluding steroid dienone is 1. The highest BCUT2D eigenvalue weighted by atomic mass is 19.4. The molecule has 1 aliphatic rings. The van der Waals surface area contributed by atoms with Crippen LogP contribution in [0.4, 0.5) is 13.2 Å². The number of halogens is 3. The third-order valence-corrected chi connectivity index (χ3v) is 2.66. The number of carbonyl (C=O) groups is 1. The van der Waals surface area contributed by atoms with E-state index in [-0.39, 0.29) is 11.8 Å². The molecule has 98 valence electrons. The van der Waals surface area contributed by atoms with Crippen LogP contribution < -0.4 is 5.32 Å². The summed E-state index contributed by atoms with van der Waals surface area (Å²) in [5, 5.41) is 2.68. The summed E-state index contributed by atoms with van der Waals surface area (Å²) in [6.45, 7) is 2.17. The van der Waals surface area contributed by atoms with Gasteiger partial charge in [0.25, 0.3) is 0 Å². The third kappa shape index (κ3) is 5.72. The summed E-state index contributed by atoms with van der Waals surface area (Å²) >= 11 is 0. The van der Waals surface area contributed by atoms with E-state index in [1.807, 2.05) is 0 Å². The van der Waals surface area contributed by atoms with Crippen LogP contribution >= 0.6 is 0 Å². The Kier molecular flexibility index (Phi) is 4.99. The average Bonchev–Trinajstić information content (AvgIpc) is 2.60. The van der Waals surface area contributed by atoms with Gasteiger partial charge in [-0.15, -0.1) is 0 Å². The highest BCUT2D eigenvalue weighted by Crippen LogP contribution is 2.22. The molecule has 0 aromatic heterocycles. The van der Waals surface area contributed by atoms with E-state index in [9.17, 15) is 18.0 Å². The maximum atomic E-state index is 12.1. The lowest BCUT2D eigenvalue weighted by Crippen LogP contribution is -2.34.